The lowest BCUT2D eigenvalue weighted by Crippen LogP contribution is -2.39. The number of likely N-dealkylation sites (tertiary alicyclic amines) is 1. The van der Waals surface area contributed by atoms with Gasteiger partial charge in [-0.3, -0.25) is 4.57 Å². The molecule has 7 heteroatoms. The molecule has 1 aliphatic heterocycles. The van der Waals surface area contributed by atoms with E-state index in [9.17, 15) is 14.0 Å². The number of nitrogens with one attached hydrogen (secondary N) is 1. The summed E-state index contributed by atoms with van der Waals surface area (Å²) in [7, 11) is 0. The van der Waals surface area contributed by atoms with Gasteiger partial charge in [0, 0.05) is 19.6 Å². The number of fused-ring (bicyclic) bond motifs is 1. The van der Waals surface area contributed by atoms with Gasteiger partial charge in [0.1, 0.15) is 5.82 Å². The molecule has 2 heterocycles. The molecule has 1 aromatic heterocycles. The van der Waals surface area contributed by atoms with Gasteiger partial charge in [-0.05, 0) is 37.0 Å². The zero-order valence-electron chi connectivity index (χ0n) is 11.4. The molecule has 1 aromatic carbocycles. The Morgan fingerprint density at radius 1 is 1.38 bits per heavy atom. The van der Waals surface area contributed by atoms with Crippen LogP contribution in [0.3, 0.4) is 0 Å². The number of rotatable bonds is 2. The van der Waals surface area contributed by atoms with Gasteiger partial charge in [-0.1, -0.05) is 0 Å². The van der Waals surface area contributed by atoms with E-state index in [2.05, 4.69) is 4.98 Å². The molecule has 112 valence electrons. The average molecular weight is 293 g/mol. The van der Waals surface area contributed by atoms with Crippen molar-refractivity contribution >= 4 is 17.1 Å². The molecule has 2 aromatic rings. The summed E-state index contributed by atoms with van der Waals surface area (Å²) in [4.78, 5) is 26.9. The Bertz CT molecular complexity index is 729. The number of halogens is 1. The Kier molecular flexibility index (Phi) is 3.40. The molecule has 1 aliphatic rings. The van der Waals surface area contributed by atoms with Crippen molar-refractivity contribution in [1.29, 1.82) is 0 Å². The highest BCUT2D eigenvalue weighted by Crippen LogP contribution is 2.21. The Hall–Kier alpha value is -2.31. The number of aromatic nitrogens is 2. The second kappa shape index (κ2) is 5.23. The van der Waals surface area contributed by atoms with Gasteiger partial charge in [0.05, 0.1) is 11.0 Å². The molecule has 1 amide bonds. The van der Waals surface area contributed by atoms with E-state index in [4.69, 9.17) is 5.11 Å². The summed E-state index contributed by atoms with van der Waals surface area (Å²) in [5.41, 5.74) is 0.918. The molecule has 21 heavy (non-hydrogen) atoms. The Balaban J connectivity index is 1.78. The monoisotopic (exact) mass is 293 g/mol. The van der Waals surface area contributed by atoms with Crippen LogP contribution < -0.4 is 5.69 Å². The van der Waals surface area contributed by atoms with Crippen LogP contribution in [0, 0.1) is 11.7 Å². The smallest absolute Gasteiger partial charge is 0.407 e. The first-order valence-corrected chi connectivity index (χ1v) is 6.90. The number of piperidine rings is 1. The number of imidazole rings is 1. The summed E-state index contributed by atoms with van der Waals surface area (Å²) in [5.74, 6) is -0.131. The zero-order chi connectivity index (χ0) is 15.0. The van der Waals surface area contributed by atoms with Crippen molar-refractivity contribution in [3.8, 4) is 0 Å². The van der Waals surface area contributed by atoms with Crippen molar-refractivity contribution in [2.45, 2.75) is 19.4 Å². The average Bonchev–Trinajstić information content (AvgIpc) is 2.75. The topological polar surface area (TPSA) is 78.3 Å². The van der Waals surface area contributed by atoms with Crippen LogP contribution in [0.2, 0.25) is 0 Å². The number of amides is 1. The zero-order valence-corrected chi connectivity index (χ0v) is 11.4. The number of carboxylic acid groups (broad SMARTS) is 1. The highest BCUT2D eigenvalue weighted by atomic mass is 19.1. The summed E-state index contributed by atoms with van der Waals surface area (Å²) in [5, 5.41) is 8.92. The number of hydrogen-bond acceptors (Lipinski definition) is 2. The van der Waals surface area contributed by atoms with Crippen molar-refractivity contribution in [3.05, 3.63) is 34.5 Å². The molecule has 3 rings (SSSR count). The summed E-state index contributed by atoms with van der Waals surface area (Å²) in [6.45, 7) is 1.51. The normalized spacial score (nSPS) is 16.5. The molecule has 0 aliphatic carbocycles. The van der Waals surface area contributed by atoms with Crippen molar-refractivity contribution in [1.82, 2.24) is 14.5 Å². The van der Waals surface area contributed by atoms with Crippen molar-refractivity contribution in [2.75, 3.05) is 13.1 Å². The summed E-state index contributed by atoms with van der Waals surface area (Å²) in [6, 6.07) is 4.23. The molecule has 2 N–H and O–H groups in total. The molecule has 0 radical (unpaired) electrons. The van der Waals surface area contributed by atoms with Gasteiger partial charge in [0.15, 0.2) is 0 Å². The first kappa shape index (κ1) is 13.7. The Labute approximate surface area is 119 Å². The standard InChI is InChI=1S/C14H16FN3O3/c15-10-1-2-12-11(7-10)16-13(19)18(12)8-9-3-5-17(6-4-9)14(20)21/h1-2,7,9H,3-6,8H2,(H,16,19)(H,20,21). The number of aromatic amines is 1. The second-order valence-corrected chi connectivity index (χ2v) is 5.42. The molecule has 0 atom stereocenters. The van der Waals surface area contributed by atoms with Gasteiger partial charge in [0.2, 0.25) is 0 Å². The minimum Gasteiger partial charge on any atom is -0.465 e. The van der Waals surface area contributed by atoms with Crippen LogP contribution in [0.4, 0.5) is 9.18 Å². The third kappa shape index (κ3) is 2.63. The highest BCUT2D eigenvalue weighted by molar-refractivity contribution is 5.75. The van der Waals surface area contributed by atoms with Crippen LogP contribution in [-0.2, 0) is 6.54 Å². The van der Waals surface area contributed by atoms with Crippen LogP contribution >= 0.6 is 0 Å². The number of carbonyl (C=O) groups is 1. The van der Waals surface area contributed by atoms with Gasteiger partial charge >= 0.3 is 11.8 Å². The SMILES string of the molecule is O=C(O)N1CCC(Cn2c(=O)[nH]c3cc(F)ccc32)CC1. The van der Waals surface area contributed by atoms with Gasteiger partial charge in [-0.25, -0.2) is 14.0 Å². The maximum atomic E-state index is 13.2. The number of nitrogens with zero attached hydrogens (tertiary/aromatic N) is 2. The fourth-order valence-corrected chi connectivity index (χ4v) is 2.88. The first-order valence-electron chi connectivity index (χ1n) is 6.90. The molecule has 1 fully saturated rings. The molecule has 0 bridgehead atoms. The lowest BCUT2D eigenvalue weighted by Gasteiger charge is -2.30. The van der Waals surface area contributed by atoms with Crippen LogP contribution in [-0.4, -0.2) is 38.7 Å². The Morgan fingerprint density at radius 3 is 2.76 bits per heavy atom. The van der Waals surface area contributed by atoms with Crippen molar-refractivity contribution < 1.29 is 14.3 Å². The van der Waals surface area contributed by atoms with E-state index in [0.717, 1.165) is 12.8 Å². The molecule has 1 saturated heterocycles. The fourth-order valence-electron chi connectivity index (χ4n) is 2.88. The lowest BCUT2D eigenvalue weighted by molar-refractivity contribution is 0.121. The quantitative estimate of drug-likeness (QED) is 0.887. The third-order valence-corrected chi connectivity index (χ3v) is 4.06. The van der Waals surface area contributed by atoms with E-state index < -0.39 is 6.09 Å². The predicted octanol–water partition coefficient (Wildman–Crippen LogP) is 1.86. The van der Waals surface area contributed by atoms with E-state index in [1.54, 1.807) is 10.6 Å². The number of H-pyrrole nitrogens is 1. The minimum atomic E-state index is -0.895. The highest BCUT2D eigenvalue weighted by Gasteiger charge is 2.23. The minimum absolute atomic E-state index is 0.252. The third-order valence-electron chi connectivity index (χ3n) is 4.06. The van der Waals surface area contributed by atoms with Crippen LogP contribution in [0.15, 0.2) is 23.0 Å². The van der Waals surface area contributed by atoms with Crippen LogP contribution in [0.1, 0.15) is 12.8 Å². The van der Waals surface area contributed by atoms with E-state index in [-0.39, 0.29) is 17.4 Å². The molecule has 0 spiro atoms. The van der Waals surface area contributed by atoms with E-state index in [1.165, 1.54) is 17.0 Å². The molecular weight excluding hydrogens is 277 g/mol. The van der Waals surface area contributed by atoms with Crippen molar-refractivity contribution in [2.24, 2.45) is 5.92 Å². The summed E-state index contributed by atoms with van der Waals surface area (Å²) in [6.07, 6.45) is 0.562. The molecular formula is C14H16FN3O3. The maximum absolute atomic E-state index is 13.2. The second-order valence-electron chi connectivity index (χ2n) is 5.42. The first-order chi connectivity index (χ1) is 10.0. The maximum Gasteiger partial charge on any atom is 0.407 e. The predicted molar refractivity (Wildman–Crippen MR) is 74.8 cm³/mol. The summed E-state index contributed by atoms with van der Waals surface area (Å²) >= 11 is 0. The van der Waals surface area contributed by atoms with Crippen LogP contribution in [0.25, 0.3) is 11.0 Å². The lowest BCUT2D eigenvalue weighted by atomic mass is 9.97. The van der Waals surface area contributed by atoms with Gasteiger partial charge in [-0.15, -0.1) is 0 Å². The largest absolute Gasteiger partial charge is 0.465 e. The van der Waals surface area contributed by atoms with Crippen LogP contribution in [0.5, 0.6) is 0 Å². The number of hydrogen-bond donors (Lipinski definition) is 2. The Morgan fingerprint density at radius 2 is 2.10 bits per heavy atom. The van der Waals surface area contributed by atoms with E-state index in [1.807, 2.05) is 0 Å². The number of benzene rings is 1. The van der Waals surface area contributed by atoms with Gasteiger partial charge in [-0.2, -0.15) is 0 Å². The van der Waals surface area contributed by atoms with E-state index >= 15 is 0 Å². The van der Waals surface area contributed by atoms with Gasteiger partial charge < -0.3 is 15.0 Å². The fraction of sp³-hybridized carbons (Fsp3) is 0.429. The van der Waals surface area contributed by atoms with Crippen molar-refractivity contribution in [3.63, 3.8) is 0 Å². The molecule has 0 unspecified atom stereocenters. The summed E-state index contributed by atoms with van der Waals surface area (Å²) < 4.78 is 14.8. The van der Waals surface area contributed by atoms with E-state index in [0.29, 0.717) is 30.7 Å². The molecule has 6 nitrogen and oxygen atoms in total. The van der Waals surface area contributed by atoms with Gasteiger partial charge in [0.25, 0.3) is 0 Å². The molecule has 0 saturated carbocycles.